The van der Waals surface area contributed by atoms with Crippen LogP contribution >= 0.6 is 0 Å². The summed E-state index contributed by atoms with van der Waals surface area (Å²) in [6.07, 6.45) is 6.29. The number of amides is 1. The van der Waals surface area contributed by atoms with E-state index < -0.39 is 0 Å². The minimum Gasteiger partial charge on any atom is -0.497 e. The largest absolute Gasteiger partial charge is 0.497 e. The standard InChI is InChI=1S/C19H24N4O2/c1-3-20-19-21-12-15(13-22-19)18(24)23-10-5-4-9-17(23)14-7-6-8-16(11-14)25-2/h6-8,11-13,17H,3-5,9-10H2,1-2H3,(H,20,21,22)/t17-/m0/s1. The number of benzene rings is 1. The van der Waals surface area contributed by atoms with Gasteiger partial charge in [0.05, 0.1) is 18.7 Å². The summed E-state index contributed by atoms with van der Waals surface area (Å²) in [6, 6.07) is 8.03. The molecule has 25 heavy (non-hydrogen) atoms. The van der Waals surface area contributed by atoms with Gasteiger partial charge in [0.2, 0.25) is 5.95 Å². The number of nitrogens with one attached hydrogen (secondary N) is 1. The monoisotopic (exact) mass is 340 g/mol. The average molecular weight is 340 g/mol. The maximum Gasteiger partial charge on any atom is 0.257 e. The first-order valence-corrected chi connectivity index (χ1v) is 8.73. The van der Waals surface area contributed by atoms with Gasteiger partial charge < -0.3 is 15.0 Å². The lowest BCUT2D eigenvalue weighted by Crippen LogP contribution is -2.38. The fourth-order valence-corrected chi connectivity index (χ4v) is 3.22. The molecule has 132 valence electrons. The number of aromatic nitrogens is 2. The lowest BCUT2D eigenvalue weighted by molar-refractivity contribution is 0.0610. The van der Waals surface area contributed by atoms with Crippen LogP contribution in [0.25, 0.3) is 0 Å². The highest BCUT2D eigenvalue weighted by Gasteiger charge is 2.29. The molecule has 1 aromatic carbocycles. The first kappa shape index (κ1) is 17.2. The highest BCUT2D eigenvalue weighted by atomic mass is 16.5. The average Bonchev–Trinajstić information content (AvgIpc) is 2.68. The molecule has 0 aliphatic carbocycles. The van der Waals surface area contributed by atoms with E-state index in [2.05, 4.69) is 21.4 Å². The predicted molar refractivity (Wildman–Crippen MR) is 96.8 cm³/mol. The van der Waals surface area contributed by atoms with Crippen LogP contribution in [0.4, 0.5) is 5.95 Å². The van der Waals surface area contributed by atoms with E-state index in [9.17, 15) is 4.79 Å². The minimum atomic E-state index is -0.0180. The number of anilines is 1. The van der Waals surface area contributed by atoms with Gasteiger partial charge in [0.25, 0.3) is 5.91 Å². The van der Waals surface area contributed by atoms with Gasteiger partial charge in [0, 0.05) is 25.5 Å². The molecule has 0 radical (unpaired) electrons. The summed E-state index contributed by atoms with van der Waals surface area (Å²) in [5, 5.41) is 3.04. The Morgan fingerprint density at radius 1 is 1.32 bits per heavy atom. The summed E-state index contributed by atoms with van der Waals surface area (Å²) in [5.41, 5.74) is 1.63. The fourth-order valence-electron chi connectivity index (χ4n) is 3.22. The number of likely N-dealkylation sites (tertiary alicyclic amines) is 1. The highest BCUT2D eigenvalue weighted by Crippen LogP contribution is 2.33. The maximum absolute atomic E-state index is 13.0. The van der Waals surface area contributed by atoms with Crippen LogP contribution < -0.4 is 10.1 Å². The van der Waals surface area contributed by atoms with Gasteiger partial charge in [0.1, 0.15) is 5.75 Å². The number of nitrogens with zero attached hydrogens (tertiary/aromatic N) is 3. The molecule has 3 rings (SSSR count). The zero-order valence-electron chi connectivity index (χ0n) is 14.7. The van der Waals surface area contributed by atoms with Crippen LogP contribution in [-0.2, 0) is 0 Å². The summed E-state index contributed by atoms with van der Waals surface area (Å²) >= 11 is 0. The number of hydrogen-bond acceptors (Lipinski definition) is 5. The minimum absolute atomic E-state index is 0.0180. The highest BCUT2D eigenvalue weighted by molar-refractivity contribution is 5.94. The third kappa shape index (κ3) is 3.90. The van der Waals surface area contributed by atoms with Crippen molar-refractivity contribution in [2.75, 3.05) is 25.5 Å². The molecule has 0 unspecified atom stereocenters. The van der Waals surface area contributed by atoms with Gasteiger partial charge in [-0.15, -0.1) is 0 Å². The van der Waals surface area contributed by atoms with Crippen molar-refractivity contribution in [2.45, 2.75) is 32.2 Å². The molecule has 6 heteroatoms. The number of carbonyl (C=O) groups excluding carboxylic acids is 1. The van der Waals surface area contributed by atoms with E-state index in [1.807, 2.05) is 30.0 Å². The van der Waals surface area contributed by atoms with Crippen molar-refractivity contribution in [3.8, 4) is 5.75 Å². The Hall–Kier alpha value is -2.63. The molecule has 0 spiro atoms. The van der Waals surface area contributed by atoms with Crippen LogP contribution in [0.5, 0.6) is 5.75 Å². The van der Waals surface area contributed by atoms with Crippen molar-refractivity contribution in [3.63, 3.8) is 0 Å². The van der Waals surface area contributed by atoms with Gasteiger partial charge in [-0.2, -0.15) is 0 Å². The predicted octanol–water partition coefficient (Wildman–Crippen LogP) is 3.28. The molecule has 1 aromatic heterocycles. The molecule has 1 saturated heterocycles. The Morgan fingerprint density at radius 2 is 2.12 bits per heavy atom. The van der Waals surface area contributed by atoms with Crippen molar-refractivity contribution in [2.24, 2.45) is 0 Å². The number of hydrogen-bond donors (Lipinski definition) is 1. The Bertz CT molecular complexity index is 718. The summed E-state index contributed by atoms with van der Waals surface area (Å²) in [7, 11) is 1.66. The smallest absolute Gasteiger partial charge is 0.257 e. The van der Waals surface area contributed by atoms with Gasteiger partial charge in [-0.1, -0.05) is 12.1 Å². The van der Waals surface area contributed by atoms with Gasteiger partial charge >= 0.3 is 0 Å². The molecule has 6 nitrogen and oxygen atoms in total. The molecule has 1 aliphatic rings. The number of rotatable bonds is 5. The molecule has 1 fully saturated rings. The van der Waals surface area contributed by atoms with Crippen molar-refractivity contribution < 1.29 is 9.53 Å². The molecule has 1 amide bonds. The second-order valence-corrected chi connectivity index (χ2v) is 6.11. The lowest BCUT2D eigenvalue weighted by atomic mass is 9.94. The Kier molecular flexibility index (Phi) is 5.48. The van der Waals surface area contributed by atoms with E-state index in [-0.39, 0.29) is 11.9 Å². The molecule has 1 aliphatic heterocycles. The Balaban J connectivity index is 1.83. The molecule has 2 heterocycles. The molecule has 1 atom stereocenters. The van der Waals surface area contributed by atoms with Crippen LogP contribution in [0.3, 0.4) is 0 Å². The van der Waals surface area contributed by atoms with Crippen molar-refractivity contribution in [1.82, 2.24) is 14.9 Å². The van der Waals surface area contributed by atoms with Crippen LogP contribution in [0, 0.1) is 0 Å². The van der Waals surface area contributed by atoms with Crippen LogP contribution in [0.1, 0.15) is 48.1 Å². The molecule has 0 bridgehead atoms. The van der Waals surface area contributed by atoms with E-state index in [4.69, 9.17) is 4.74 Å². The molecule has 1 N–H and O–H groups in total. The number of carbonyl (C=O) groups is 1. The van der Waals surface area contributed by atoms with E-state index >= 15 is 0 Å². The zero-order chi connectivity index (χ0) is 17.6. The zero-order valence-corrected chi connectivity index (χ0v) is 14.7. The number of methoxy groups -OCH3 is 1. The quantitative estimate of drug-likeness (QED) is 0.905. The maximum atomic E-state index is 13.0. The van der Waals surface area contributed by atoms with Crippen molar-refractivity contribution in [3.05, 3.63) is 47.8 Å². The van der Waals surface area contributed by atoms with E-state index in [1.54, 1.807) is 19.5 Å². The second-order valence-electron chi connectivity index (χ2n) is 6.11. The molecule has 0 saturated carbocycles. The molecule has 2 aromatic rings. The molecular formula is C19H24N4O2. The van der Waals surface area contributed by atoms with Gasteiger partial charge in [-0.3, -0.25) is 4.79 Å². The SMILES string of the molecule is CCNc1ncc(C(=O)N2CCCC[C@H]2c2cccc(OC)c2)cn1. The van der Waals surface area contributed by atoms with Gasteiger partial charge in [-0.25, -0.2) is 9.97 Å². The first-order chi connectivity index (χ1) is 12.2. The first-order valence-electron chi connectivity index (χ1n) is 8.73. The van der Waals surface area contributed by atoms with E-state index in [1.165, 1.54) is 0 Å². The second kappa shape index (κ2) is 7.96. The van der Waals surface area contributed by atoms with E-state index in [0.29, 0.717) is 11.5 Å². The summed E-state index contributed by atoms with van der Waals surface area (Å²) in [6.45, 7) is 3.47. The third-order valence-electron chi connectivity index (χ3n) is 4.48. The normalized spacial score (nSPS) is 17.2. The Morgan fingerprint density at radius 3 is 2.84 bits per heavy atom. The fraction of sp³-hybridized carbons (Fsp3) is 0.421. The van der Waals surface area contributed by atoms with Crippen molar-refractivity contribution in [1.29, 1.82) is 0 Å². The lowest BCUT2D eigenvalue weighted by Gasteiger charge is -2.36. The third-order valence-corrected chi connectivity index (χ3v) is 4.48. The van der Waals surface area contributed by atoms with Crippen LogP contribution in [-0.4, -0.2) is 41.0 Å². The van der Waals surface area contributed by atoms with Crippen molar-refractivity contribution >= 4 is 11.9 Å². The Labute approximate surface area is 148 Å². The summed E-state index contributed by atoms with van der Waals surface area (Å²) in [5.74, 6) is 1.34. The van der Waals surface area contributed by atoms with Gasteiger partial charge in [0.15, 0.2) is 0 Å². The summed E-state index contributed by atoms with van der Waals surface area (Å²) in [4.78, 5) is 23.4. The van der Waals surface area contributed by atoms with Gasteiger partial charge in [-0.05, 0) is 43.9 Å². The van der Waals surface area contributed by atoms with Crippen LogP contribution in [0.15, 0.2) is 36.7 Å². The summed E-state index contributed by atoms with van der Waals surface area (Å²) < 4.78 is 5.33. The number of ether oxygens (including phenoxy) is 1. The molecular weight excluding hydrogens is 316 g/mol. The van der Waals surface area contributed by atoms with E-state index in [0.717, 1.165) is 43.7 Å². The topological polar surface area (TPSA) is 67.4 Å². The number of piperidine rings is 1. The van der Waals surface area contributed by atoms with Crippen LogP contribution in [0.2, 0.25) is 0 Å².